The fourth-order valence-electron chi connectivity index (χ4n) is 4.00. The van der Waals surface area contributed by atoms with Crippen molar-refractivity contribution in [2.75, 3.05) is 13.2 Å². The molecule has 2 aliphatic rings. The molecule has 1 aromatic carbocycles. The molecule has 1 N–H and O–H groups in total. The molecule has 0 spiro atoms. The summed E-state index contributed by atoms with van der Waals surface area (Å²) in [6.45, 7) is 5.06. The zero-order valence-electron chi connectivity index (χ0n) is 18.9. The number of hydrogen-bond donors (Lipinski definition) is 1. The second-order valence-electron chi connectivity index (χ2n) is 8.82. The smallest absolute Gasteiger partial charge is 0.251 e. The number of carbonyl (C=O) groups excluding carboxylic acids is 1. The van der Waals surface area contributed by atoms with Crippen LogP contribution in [0.5, 0.6) is 5.75 Å². The lowest BCUT2D eigenvalue weighted by Gasteiger charge is -2.23. The number of amides is 1. The average molecular weight is 465 g/mol. The van der Waals surface area contributed by atoms with Crippen molar-refractivity contribution in [2.45, 2.75) is 57.6 Å². The summed E-state index contributed by atoms with van der Waals surface area (Å²) < 4.78 is 11.6. The predicted molar refractivity (Wildman–Crippen MR) is 127 cm³/mol. The molecule has 5 rings (SSSR count). The van der Waals surface area contributed by atoms with Gasteiger partial charge in [0.05, 0.1) is 36.8 Å². The van der Waals surface area contributed by atoms with Crippen molar-refractivity contribution in [2.24, 2.45) is 0 Å². The minimum Gasteiger partial charge on any atom is -0.488 e. The maximum Gasteiger partial charge on any atom is 0.251 e. The van der Waals surface area contributed by atoms with Crippen LogP contribution in [-0.4, -0.2) is 40.2 Å². The summed E-state index contributed by atoms with van der Waals surface area (Å²) in [4.78, 5) is 27.8. The second kappa shape index (κ2) is 9.57. The molecule has 2 aromatic heterocycles. The van der Waals surface area contributed by atoms with E-state index in [0.717, 1.165) is 28.4 Å². The first kappa shape index (κ1) is 22.0. The van der Waals surface area contributed by atoms with Crippen LogP contribution < -0.4 is 10.1 Å². The number of nitrogens with one attached hydrogen (secondary N) is 1. The molecule has 1 unspecified atom stereocenters. The summed E-state index contributed by atoms with van der Waals surface area (Å²) in [7, 11) is 0. The number of nitrogens with zero attached hydrogens (tertiary/aromatic N) is 3. The first-order chi connectivity index (χ1) is 16.0. The van der Waals surface area contributed by atoms with Gasteiger partial charge in [0.25, 0.3) is 5.91 Å². The number of carbonyl (C=O) groups is 1. The SMILES string of the molecule is Cc1cnc(C(C)NC(=O)c2cc(O[C@H]3CCOC3)cc(-c3ncc(C4CCC4)s3)c2)cn1. The third-order valence-corrected chi connectivity index (χ3v) is 7.44. The number of rotatable bonds is 7. The maximum absolute atomic E-state index is 13.2. The average Bonchev–Trinajstić information content (AvgIpc) is 3.45. The van der Waals surface area contributed by atoms with Gasteiger partial charge in [0.15, 0.2) is 0 Å². The van der Waals surface area contributed by atoms with E-state index >= 15 is 0 Å². The van der Waals surface area contributed by atoms with Gasteiger partial charge in [-0.1, -0.05) is 6.42 Å². The zero-order valence-corrected chi connectivity index (χ0v) is 19.7. The highest BCUT2D eigenvalue weighted by molar-refractivity contribution is 7.15. The molecule has 1 saturated carbocycles. The number of aromatic nitrogens is 3. The molecule has 0 radical (unpaired) electrons. The standard InChI is InChI=1S/C25H28N4O3S/c1-15-11-27-22(12-26-15)16(2)29-24(30)18-8-19(10-21(9-18)32-20-6-7-31-14-20)25-28-13-23(33-25)17-4-3-5-17/h8-13,16-17,20H,3-7,14H2,1-2H3,(H,29,30)/t16?,20-/m0/s1. The van der Waals surface area contributed by atoms with Crippen LogP contribution in [0.1, 0.15) is 71.2 Å². The van der Waals surface area contributed by atoms with E-state index in [1.165, 1.54) is 24.1 Å². The number of benzene rings is 1. The zero-order chi connectivity index (χ0) is 22.8. The van der Waals surface area contributed by atoms with Gasteiger partial charge in [-0.25, -0.2) is 4.98 Å². The molecular weight excluding hydrogens is 436 g/mol. The van der Waals surface area contributed by atoms with Crippen molar-refractivity contribution in [1.82, 2.24) is 20.3 Å². The Hall–Kier alpha value is -2.84. The van der Waals surface area contributed by atoms with Crippen molar-refractivity contribution in [3.63, 3.8) is 0 Å². The van der Waals surface area contributed by atoms with Crippen LogP contribution in [0.4, 0.5) is 0 Å². The number of thiazole rings is 1. The highest BCUT2D eigenvalue weighted by Gasteiger charge is 2.23. The lowest BCUT2D eigenvalue weighted by atomic mass is 9.85. The van der Waals surface area contributed by atoms with Gasteiger partial charge in [-0.3, -0.25) is 14.8 Å². The molecule has 3 heterocycles. The summed E-state index contributed by atoms with van der Waals surface area (Å²) in [5.74, 6) is 1.11. The molecule has 2 atom stereocenters. The Morgan fingerprint density at radius 2 is 2.03 bits per heavy atom. The Balaban J connectivity index is 1.40. The van der Waals surface area contributed by atoms with E-state index in [2.05, 4.69) is 20.3 Å². The molecule has 1 aliphatic carbocycles. The Labute approximate surface area is 197 Å². The number of ether oxygens (including phenoxy) is 2. The molecule has 1 aliphatic heterocycles. The molecule has 33 heavy (non-hydrogen) atoms. The van der Waals surface area contributed by atoms with Gasteiger partial charge in [0.2, 0.25) is 0 Å². The van der Waals surface area contributed by atoms with Crippen LogP contribution in [0.2, 0.25) is 0 Å². The van der Waals surface area contributed by atoms with E-state index in [1.54, 1.807) is 29.8 Å². The Bertz CT molecular complexity index is 1120. The lowest BCUT2D eigenvalue weighted by molar-refractivity contribution is 0.0938. The molecule has 7 nitrogen and oxygen atoms in total. The van der Waals surface area contributed by atoms with Crippen LogP contribution in [-0.2, 0) is 4.74 Å². The van der Waals surface area contributed by atoms with Crippen molar-refractivity contribution in [1.29, 1.82) is 0 Å². The first-order valence-corrected chi connectivity index (χ1v) is 12.3. The number of hydrogen-bond acceptors (Lipinski definition) is 7. The van der Waals surface area contributed by atoms with Gasteiger partial charge in [-0.05, 0) is 50.8 Å². The number of aryl methyl sites for hydroxylation is 1. The van der Waals surface area contributed by atoms with Crippen LogP contribution in [0.25, 0.3) is 10.6 Å². The van der Waals surface area contributed by atoms with Gasteiger partial charge < -0.3 is 14.8 Å². The maximum atomic E-state index is 13.2. The van der Waals surface area contributed by atoms with E-state index in [9.17, 15) is 4.79 Å². The van der Waals surface area contributed by atoms with E-state index in [-0.39, 0.29) is 18.1 Å². The minimum absolute atomic E-state index is 0.000232. The van der Waals surface area contributed by atoms with E-state index in [0.29, 0.717) is 30.4 Å². The van der Waals surface area contributed by atoms with Gasteiger partial charge >= 0.3 is 0 Å². The fourth-order valence-corrected chi connectivity index (χ4v) is 5.07. The third kappa shape index (κ3) is 5.07. The van der Waals surface area contributed by atoms with Crippen molar-refractivity contribution in [3.05, 3.63) is 58.6 Å². The normalized spacial score (nSPS) is 19.2. The van der Waals surface area contributed by atoms with Crippen LogP contribution in [0, 0.1) is 6.92 Å². The second-order valence-corrected chi connectivity index (χ2v) is 9.89. The van der Waals surface area contributed by atoms with E-state index < -0.39 is 0 Å². The largest absolute Gasteiger partial charge is 0.488 e. The molecular formula is C25H28N4O3S. The summed E-state index contributed by atoms with van der Waals surface area (Å²) in [6.07, 6.45) is 10.00. The Kier molecular flexibility index (Phi) is 6.37. The quantitative estimate of drug-likeness (QED) is 0.539. The lowest BCUT2D eigenvalue weighted by Crippen LogP contribution is -2.27. The van der Waals surface area contributed by atoms with Crippen LogP contribution in [0.15, 0.2) is 36.8 Å². The molecule has 1 saturated heterocycles. The first-order valence-electron chi connectivity index (χ1n) is 11.5. The predicted octanol–water partition coefficient (Wildman–Crippen LogP) is 4.83. The summed E-state index contributed by atoms with van der Waals surface area (Å²) in [5, 5.41) is 3.95. The van der Waals surface area contributed by atoms with E-state index in [1.807, 2.05) is 32.2 Å². The highest BCUT2D eigenvalue weighted by atomic mass is 32.1. The monoisotopic (exact) mass is 464 g/mol. The third-order valence-electron chi connectivity index (χ3n) is 6.23. The van der Waals surface area contributed by atoms with Gasteiger partial charge in [-0.15, -0.1) is 11.3 Å². The summed E-state index contributed by atoms with van der Waals surface area (Å²) >= 11 is 1.71. The van der Waals surface area contributed by atoms with Gasteiger partial charge in [0.1, 0.15) is 16.9 Å². The Morgan fingerprint density at radius 3 is 2.73 bits per heavy atom. The summed E-state index contributed by atoms with van der Waals surface area (Å²) in [6, 6.07) is 5.40. The van der Waals surface area contributed by atoms with Crippen LogP contribution in [0.3, 0.4) is 0 Å². The molecule has 172 valence electrons. The molecule has 1 amide bonds. The molecule has 3 aromatic rings. The van der Waals surface area contributed by atoms with Crippen molar-refractivity contribution >= 4 is 17.2 Å². The van der Waals surface area contributed by atoms with E-state index in [4.69, 9.17) is 9.47 Å². The fraction of sp³-hybridized carbons (Fsp3) is 0.440. The van der Waals surface area contributed by atoms with Crippen molar-refractivity contribution < 1.29 is 14.3 Å². The highest BCUT2D eigenvalue weighted by Crippen LogP contribution is 2.41. The van der Waals surface area contributed by atoms with Crippen LogP contribution >= 0.6 is 11.3 Å². The molecule has 8 heteroatoms. The van der Waals surface area contributed by atoms with Crippen molar-refractivity contribution in [3.8, 4) is 16.3 Å². The minimum atomic E-state index is -0.271. The topological polar surface area (TPSA) is 86.2 Å². The molecule has 0 bridgehead atoms. The van der Waals surface area contributed by atoms with Gasteiger partial charge in [-0.2, -0.15) is 0 Å². The Morgan fingerprint density at radius 1 is 1.15 bits per heavy atom. The summed E-state index contributed by atoms with van der Waals surface area (Å²) in [5.41, 5.74) is 2.99. The van der Waals surface area contributed by atoms with Gasteiger partial charge in [0, 0.05) is 34.8 Å². The molecule has 2 fully saturated rings.